The first-order valence-corrected chi connectivity index (χ1v) is 8.00. The molecule has 0 aromatic heterocycles. The van der Waals surface area contributed by atoms with Gasteiger partial charge in [-0.3, -0.25) is 4.79 Å². The number of benzene rings is 2. The first kappa shape index (κ1) is 17.2. The number of nitrogens with zero attached hydrogens (tertiary/aromatic N) is 1. The van der Waals surface area contributed by atoms with Gasteiger partial charge >= 0.3 is 0 Å². The number of β-amino-alcohol motifs (C(OH)–C–C–N with tert-alkyl or cyclic N) is 1. The van der Waals surface area contributed by atoms with E-state index in [-0.39, 0.29) is 18.3 Å². The molecule has 1 fully saturated rings. The maximum absolute atomic E-state index is 13.6. The molecule has 0 unspecified atom stereocenters. The van der Waals surface area contributed by atoms with E-state index in [1.807, 2.05) is 0 Å². The Morgan fingerprint density at radius 2 is 1.96 bits per heavy atom. The highest BCUT2D eigenvalue weighted by molar-refractivity contribution is 5.98. The molecule has 0 bridgehead atoms. The van der Waals surface area contributed by atoms with Crippen LogP contribution in [0.15, 0.2) is 42.5 Å². The van der Waals surface area contributed by atoms with Gasteiger partial charge in [0.05, 0.1) is 31.9 Å². The number of carbonyl (C=O) groups is 1. The monoisotopic (exact) mass is 345 g/mol. The Hall–Kier alpha value is -2.60. The third-order valence-corrected chi connectivity index (χ3v) is 4.41. The predicted octanol–water partition coefficient (Wildman–Crippen LogP) is 2.79. The fraction of sp³-hybridized carbons (Fsp3) is 0.316. The second kappa shape index (κ2) is 7.11. The second-order valence-corrected chi connectivity index (χ2v) is 5.96. The van der Waals surface area contributed by atoms with Crippen molar-refractivity contribution in [2.45, 2.75) is 18.6 Å². The van der Waals surface area contributed by atoms with Crippen LogP contribution in [0.4, 0.5) is 4.39 Å². The third kappa shape index (κ3) is 3.30. The summed E-state index contributed by atoms with van der Waals surface area (Å²) in [7, 11) is 2.97. The first-order chi connectivity index (χ1) is 12.0. The van der Waals surface area contributed by atoms with E-state index in [0.29, 0.717) is 29.0 Å². The molecule has 1 saturated heterocycles. The second-order valence-electron chi connectivity index (χ2n) is 5.96. The van der Waals surface area contributed by atoms with Crippen LogP contribution in [0.25, 0.3) is 0 Å². The Balaban J connectivity index is 1.98. The summed E-state index contributed by atoms with van der Waals surface area (Å²) in [5, 5.41) is 10.1. The molecule has 2 atom stereocenters. The normalized spacial score (nSPS) is 19.8. The molecule has 1 aliphatic heterocycles. The van der Waals surface area contributed by atoms with Gasteiger partial charge in [0, 0.05) is 6.54 Å². The van der Waals surface area contributed by atoms with E-state index in [0.717, 1.165) is 0 Å². The highest BCUT2D eigenvalue weighted by Gasteiger charge is 2.37. The number of hydrogen-bond acceptors (Lipinski definition) is 4. The SMILES string of the molecule is COc1cccc(C(=O)N2C[C@H](O)C[C@H]2c2cccc(F)c2)c1OC. The summed E-state index contributed by atoms with van der Waals surface area (Å²) in [6.45, 7) is 0.181. The molecule has 0 aliphatic carbocycles. The highest BCUT2D eigenvalue weighted by atomic mass is 19.1. The largest absolute Gasteiger partial charge is 0.493 e. The Kier molecular flexibility index (Phi) is 4.90. The topological polar surface area (TPSA) is 59.0 Å². The maximum Gasteiger partial charge on any atom is 0.258 e. The Bertz CT molecular complexity index is 780. The standard InChI is InChI=1S/C19H20FNO4/c1-24-17-8-4-7-15(18(17)25-2)19(23)21-11-14(22)10-16(21)12-5-3-6-13(20)9-12/h3-9,14,16,22H,10-11H2,1-2H3/t14-,16+/m1/s1. The number of methoxy groups -OCH3 is 2. The molecule has 3 rings (SSSR count). The summed E-state index contributed by atoms with van der Waals surface area (Å²) in [6, 6.07) is 10.8. The van der Waals surface area contributed by atoms with Crippen molar-refractivity contribution in [2.75, 3.05) is 20.8 Å². The molecule has 6 heteroatoms. The van der Waals surface area contributed by atoms with Crippen LogP contribution in [0, 0.1) is 5.82 Å². The number of hydrogen-bond donors (Lipinski definition) is 1. The summed E-state index contributed by atoms with van der Waals surface area (Å²) in [4.78, 5) is 14.6. The number of aliphatic hydroxyl groups is 1. The fourth-order valence-corrected chi connectivity index (χ4v) is 3.28. The van der Waals surface area contributed by atoms with Gasteiger partial charge in [-0.05, 0) is 36.2 Å². The van der Waals surface area contributed by atoms with Gasteiger partial charge in [-0.1, -0.05) is 18.2 Å². The molecule has 25 heavy (non-hydrogen) atoms. The van der Waals surface area contributed by atoms with E-state index in [1.165, 1.54) is 26.4 Å². The van der Waals surface area contributed by atoms with Crippen LogP contribution in [0.2, 0.25) is 0 Å². The molecule has 2 aromatic carbocycles. The lowest BCUT2D eigenvalue weighted by molar-refractivity contribution is 0.0711. The lowest BCUT2D eigenvalue weighted by Gasteiger charge is -2.26. The van der Waals surface area contributed by atoms with Crippen molar-refractivity contribution >= 4 is 5.91 Å². The minimum Gasteiger partial charge on any atom is -0.493 e. The lowest BCUT2D eigenvalue weighted by atomic mass is 10.0. The van der Waals surface area contributed by atoms with Gasteiger partial charge in [-0.25, -0.2) is 4.39 Å². The van der Waals surface area contributed by atoms with Gasteiger partial charge < -0.3 is 19.5 Å². The van der Waals surface area contributed by atoms with Crippen LogP contribution in [-0.2, 0) is 0 Å². The lowest BCUT2D eigenvalue weighted by Crippen LogP contribution is -2.32. The van der Waals surface area contributed by atoms with E-state index in [1.54, 1.807) is 35.2 Å². The van der Waals surface area contributed by atoms with Crippen molar-refractivity contribution in [2.24, 2.45) is 0 Å². The van der Waals surface area contributed by atoms with Gasteiger partial charge in [0.1, 0.15) is 5.82 Å². The van der Waals surface area contributed by atoms with Crippen molar-refractivity contribution in [1.29, 1.82) is 0 Å². The zero-order valence-electron chi connectivity index (χ0n) is 14.1. The molecule has 132 valence electrons. The van der Waals surface area contributed by atoms with Gasteiger partial charge in [-0.2, -0.15) is 0 Å². The van der Waals surface area contributed by atoms with Crippen molar-refractivity contribution in [3.05, 3.63) is 59.4 Å². The molecular formula is C19H20FNO4. The number of rotatable bonds is 4. The smallest absolute Gasteiger partial charge is 0.258 e. The number of likely N-dealkylation sites (tertiary alicyclic amines) is 1. The molecule has 0 saturated carbocycles. The minimum absolute atomic E-state index is 0.181. The van der Waals surface area contributed by atoms with Gasteiger partial charge in [0.2, 0.25) is 0 Å². The molecule has 0 radical (unpaired) electrons. The molecule has 1 aliphatic rings. The molecule has 5 nitrogen and oxygen atoms in total. The van der Waals surface area contributed by atoms with Gasteiger partial charge in [0.15, 0.2) is 11.5 Å². The fourth-order valence-electron chi connectivity index (χ4n) is 3.28. The number of amides is 1. The predicted molar refractivity (Wildman–Crippen MR) is 90.3 cm³/mol. The number of ether oxygens (including phenoxy) is 2. The van der Waals surface area contributed by atoms with Crippen molar-refractivity contribution in [3.63, 3.8) is 0 Å². The van der Waals surface area contributed by atoms with E-state index < -0.39 is 12.1 Å². The summed E-state index contributed by atoms with van der Waals surface area (Å²) < 4.78 is 24.2. The summed E-state index contributed by atoms with van der Waals surface area (Å²) >= 11 is 0. The van der Waals surface area contributed by atoms with E-state index in [9.17, 15) is 14.3 Å². The Labute approximate surface area is 145 Å². The zero-order chi connectivity index (χ0) is 18.0. The number of halogens is 1. The average molecular weight is 345 g/mol. The van der Waals surface area contributed by atoms with Crippen molar-refractivity contribution < 1.29 is 23.8 Å². The van der Waals surface area contributed by atoms with E-state index >= 15 is 0 Å². The van der Waals surface area contributed by atoms with E-state index in [2.05, 4.69) is 0 Å². The number of para-hydroxylation sites is 1. The first-order valence-electron chi connectivity index (χ1n) is 8.00. The van der Waals surface area contributed by atoms with Crippen LogP contribution in [0.1, 0.15) is 28.4 Å². The number of aliphatic hydroxyl groups excluding tert-OH is 1. The average Bonchev–Trinajstić information content (AvgIpc) is 3.02. The highest BCUT2D eigenvalue weighted by Crippen LogP contribution is 2.37. The van der Waals surface area contributed by atoms with Crippen LogP contribution in [0.5, 0.6) is 11.5 Å². The van der Waals surface area contributed by atoms with Crippen LogP contribution >= 0.6 is 0 Å². The Morgan fingerprint density at radius 3 is 2.64 bits per heavy atom. The molecule has 0 spiro atoms. The quantitative estimate of drug-likeness (QED) is 0.926. The Morgan fingerprint density at radius 1 is 1.20 bits per heavy atom. The van der Waals surface area contributed by atoms with Crippen molar-refractivity contribution in [3.8, 4) is 11.5 Å². The minimum atomic E-state index is -0.658. The molecular weight excluding hydrogens is 325 g/mol. The van der Waals surface area contributed by atoms with Crippen LogP contribution in [-0.4, -0.2) is 42.8 Å². The zero-order valence-corrected chi connectivity index (χ0v) is 14.1. The third-order valence-electron chi connectivity index (χ3n) is 4.41. The van der Waals surface area contributed by atoms with Crippen LogP contribution in [0.3, 0.4) is 0 Å². The number of carbonyl (C=O) groups excluding carboxylic acids is 1. The molecule has 1 amide bonds. The summed E-state index contributed by atoms with van der Waals surface area (Å²) in [5.41, 5.74) is 1.00. The van der Waals surface area contributed by atoms with Crippen LogP contribution < -0.4 is 9.47 Å². The molecule has 2 aromatic rings. The molecule has 1 N–H and O–H groups in total. The molecule has 1 heterocycles. The van der Waals surface area contributed by atoms with E-state index in [4.69, 9.17) is 9.47 Å². The van der Waals surface area contributed by atoms with Gasteiger partial charge in [0.25, 0.3) is 5.91 Å². The summed E-state index contributed by atoms with van der Waals surface area (Å²) in [6.07, 6.45) is -0.296. The maximum atomic E-state index is 13.6. The van der Waals surface area contributed by atoms with Gasteiger partial charge in [-0.15, -0.1) is 0 Å². The van der Waals surface area contributed by atoms with Crippen molar-refractivity contribution in [1.82, 2.24) is 4.90 Å². The summed E-state index contributed by atoms with van der Waals surface area (Å²) in [5.74, 6) is 0.136.